The van der Waals surface area contributed by atoms with Gasteiger partial charge in [-0.2, -0.15) is 0 Å². The van der Waals surface area contributed by atoms with Crippen LogP contribution >= 0.6 is 0 Å². The first kappa shape index (κ1) is 11.7. The number of nitrogens with one attached hydrogen (secondary N) is 1. The minimum atomic E-state index is -0.564. The Balaban J connectivity index is 3.22. The van der Waals surface area contributed by atoms with Crippen LogP contribution in [0, 0.1) is 10.1 Å². The van der Waals surface area contributed by atoms with Crippen molar-refractivity contribution in [2.24, 2.45) is 16.7 Å². The molecule has 8 nitrogen and oxygen atoms in total. The number of ether oxygens (including phenoxy) is 1. The zero-order valence-corrected chi connectivity index (χ0v) is 8.51. The van der Waals surface area contributed by atoms with Gasteiger partial charge in [-0.25, -0.2) is 11.4 Å². The number of nitrogens with zero attached hydrogens (tertiary/aromatic N) is 2. The fourth-order valence-corrected chi connectivity index (χ4v) is 1.13. The number of amidine groups is 1. The van der Waals surface area contributed by atoms with E-state index in [0.717, 1.165) is 0 Å². The number of nitro groups is 1. The van der Waals surface area contributed by atoms with Crippen molar-refractivity contribution in [2.75, 3.05) is 7.11 Å². The number of methoxy groups -OCH3 is 1. The lowest BCUT2D eigenvalue weighted by Gasteiger charge is -2.04. The molecule has 1 aromatic carbocycles. The van der Waals surface area contributed by atoms with Crippen molar-refractivity contribution >= 4 is 11.5 Å². The van der Waals surface area contributed by atoms with E-state index in [1.54, 1.807) is 6.07 Å². The topological polar surface area (TPSA) is 129 Å². The predicted molar refractivity (Wildman–Crippen MR) is 57.7 cm³/mol. The van der Waals surface area contributed by atoms with Gasteiger partial charge in [-0.1, -0.05) is 0 Å². The Morgan fingerprint density at radius 2 is 2.31 bits per heavy atom. The van der Waals surface area contributed by atoms with Gasteiger partial charge in [0.05, 0.1) is 12.0 Å². The summed E-state index contributed by atoms with van der Waals surface area (Å²) in [5.41, 5.74) is 7.71. The van der Waals surface area contributed by atoms with E-state index < -0.39 is 4.92 Å². The third kappa shape index (κ3) is 2.36. The molecule has 0 aliphatic carbocycles. The van der Waals surface area contributed by atoms with Crippen molar-refractivity contribution in [1.82, 2.24) is 5.53 Å². The maximum absolute atomic E-state index is 10.7. The molecule has 0 aliphatic heterocycles. The summed E-state index contributed by atoms with van der Waals surface area (Å²) in [5, 5.41) is 14.2. The number of rotatable bonds is 4. The lowest BCUT2D eigenvalue weighted by atomic mass is 10.2. The summed E-state index contributed by atoms with van der Waals surface area (Å²) in [6.45, 7) is 0. The maximum atomic E-state index is 10.7. The minimum absolute atomic E-state index is 0.0493. The fraction of sp³-hybridized carbons (Fsp3) is 0.125. The van der Waals surface area contributed by atoms with Crippen LogP contribution in [-0.4, -0.2) is 17.9 Å². The van der Waals surface area contributed by atoms with Gasteiger partial charge >= 0.3 is 5.69 Å². The Kier molecular flexibility index (Phi) is 3.62. The molecule has 0 unspecified atom stereocenters. The van der Waals surface area contributed by atoms with E-state index in [9.17, 15) is 10.1 Å². The van der Waals surface area contributed by atoms with Crippen molar-refractivity contribution in [1.29, 1.82) is 0 Å². The highest BCUT2D eigenvalue weighted by atomic mass is 16.6. The molecule has 0 amide bonds. The quantitative estimate of drug-likeness (QED) is 0.212. The normalized spacial score (nSPS) is 11.0. The summed E-state index contributed by atoms with van der Waals surface area (Å²) < 4.78 is 4.84. The van der Waals surface area contributed by atoms with E-state index in [1.165, 1.54) is 19.2 Å². The number of hydrogen-bond donors (Lipinski definition) is 3. The van der Waals surface area contributed by atoms with Gasteiger partial charge in [0.25, 0.3) is 0 Å². The Bertz CT molecular complexity index is 432. The second-order valence-corrected chi connectivity index (χ2v) is 2.77. The average molecular weight is 225 g/mol. The van der Waals surface area contributed by atoms with E-state index in [2.05, 4.69) is 5.10 Å². The van der Waals surface area contributed by atoms with Crippen LogP contribution in [0.25, 0.3) is 0 Å². The Hall–Kier alpha value is -2.35. The maximum Gasteiger partial charge on any atom is 0.311 e. The molecule has 86 valence electrons. The third-order valence-electron chi connectivity index (χ3n) is 1.86. The summed E-state index contributed by atoms with van der Waals surface area (Å²) in [7, 11) is 1.35. The molecule has 0 saturated carbocycles. The van der Waals surface area contributed by atoms with Crippen molar-refractivity contribution in [3.63, 3.8) is 0 Å². The second-order valence-electron chi connectivity index (χ2n) is 2.77. The molecule has 0 saturated heterocycles. The lowest BCUT2D eigenvalue weighted by molar-refractivity contribution is -0.385. The summed E-state index contributed by atoms with van der Waals surface area (Å²) in [5.74, 6) is 5.15. The van der Waals surface area contributed by atoms with Crippen molar-refractivity contribution in [3.05, 3.63) is 33.9 Å². The second kappa shape index (κ2) is 4.94. The molecule has 0 fully saturated rings. The SMILES string of the molecule is COc1ccc(/C(N)=N/NN)cc1[N+](=O)[O-]. The van der Waals surface area contributed by atoms with Crippen LogP contribution in [0.5, 0.6) is 5.75 Å². The van der Waals surface area contributed by atoms with E-state index >= 15 is 0 Å². The lowest BCUT2D eigenvalue weighted by Crippen LogP contribution is -2.23. The molecule has 16 heavy (non-hydrogen) atoms. The van der Waals surface area contributed by atoms with Gasteiger partial charge in [0.1, 0.15) is 0 Å². The van der Waals surface area contributed by atoms with E-state index in [0.29, 0.717) is 5.56 Å². The Morgan fingerprint density at radius 1 is 1.62 bits per heavy atom. The van der Waals surface area contributed by atoms with Gasteiger partial charge < -0.3 is 10.5 Å². The highest BCUT2D eigenvalue weighted by molar-refractivity contribution is 5.98. The number of hydrazone groups is 1. The molecule has 1 rings (SSSR count). The van der Waals surface area contributed by atoms with E-state index in [4.69, 9.17) is 16.3 Å². The van der Waals surface area contributed by atoms with Crippen LogP contribution in [0.3, 0.4) is 0 Å². The van der Waals surface area contributed by atoms with Crippen LogP contribution in [0.15, 0.2) is 23.3 Å². The molecule has 0 aliphatic rings. The number of nitro benzene ring substituents is 1. The zero-order valence-electron chi connectivity index (χ0n) is 8.51. The number of benzene rings is 1. The molecule has 0 spiro atoms. The van der Waals surface area contributed by atoms with Crippen LogP contribution in [0.1, 0.15) is 5.56 Å². The Labute approximate surface area is 91.0 Å². The van der Waals surface area contributed by atoms with Gasteiger partial charge in [0.15, 0.2) is 11.6 Å². The third-order valence-corrected chi connectivity index (χ3v) is 1.86. The first-order chi connectivity index (χ1) is 7.60. The number of nitrogens with two attached hydrogens (primary N) is 2. The van der Waals surface area contributed by atoms with Crippen LogP contribution in [0.2, 0.25) is 0 Å². The van der Waals surface area contributed by atoms with Gasteiger partial charge in [-0.3, -0.25) is 10.1 Å². The summed E-state index contributed by atoms with van der Waals surface area (Å²) in [4.78, 5) is 10.2. The van der Waals surface area contributed by atoms with Crippen LogP contribution in [0.4, 0.5) is 5.69 Å². The molecule has 0 aromatic heterocycles. The van der Waals surface area contributed by atoms with E-state index in [-0.39, 0.29) is 17.3 Å². The summed E-state index contributed by atoms with van der Waals surface area (Å²) >= 11 is 0. The average Bonchev–Trinajstić information content (AvgIpc) is 2.28. The monoisotopic (exact) mass is 225 g/mol. The van der Waals surface area contributed by atoms with Gasteiger partial charge in [0, 0.05) is 11.6 Å². The predicted octanol–water partition coefficient (Wildman–Crippen LogP) is -0.313. The Morgan fingerprint density at radius 3 is 2.81 bits per heavy atom. The van der Waals surface area contributed by atoms with Crippen molar-refractivity contribution < 1.29 is 9.66 Å². The number of hydrazine groups is 1. The summed E-state index contributed by atoms with van der Waals surface area (Å²) in [6, 6.07) is 4.24. The van der Waals surface area contributed by atoms with Crippen LogP contribution < -0.4 is 21.8 Å². The highest BCUT2D eigenvalue weighted by Crippen LogP contribution is 2.27. The minimum Gasteiger partial charge on any atom is -0.490 e. The fourth-order valence-electron chi connectivity index (χ4n) is 1.13. The smallest absolute Gasteiger partial charge is 0.311 e. The largest absolute Gasteiger partial charge is 0.490 e. The molecule has 1 aromatic rings. The first-order valence-electron chi connectivity index (χ1n) is 4.21. The van der Waals surface area contributed by atoms with E-state index in [1.807, 2.05) is 5.53 Å². The highest BCUT2D eigenvalue weighted by Gasteiger charge is 2.16. The summed E-state index contributed by atoms with van der Waals surface area (Å²) in [6.07, 6.45) is 0. The molecule has 0 heterocycles. The van der Waals surface area contributed by atoms with Crippen molar-refractivity contribution in [3.8, 4) is 5.75 Å². The zero-order chi connectivity index (χ0) is 12.1. The molecule has 8 heteroatoms. The molecule has 0 atom stereocenters. The standard InChI is InChI=1S/C8H11N5O3/c1-16-7-3-2-5(8(9)11-12-10)4-6(7)13(14)15/h2-4,12H,10H2,1H3,(H2,9,11). The molecule has 0 bridgehead atoms. The molecular weight excluding hydrogens is 214 g/mol. The molecular formula is C8H11N5O3. The van der Waals surface area contributed by atoms with Crippen molar-refractivity contribution in [2.45, 2.75) is 0 Å². The van der Waals surface area contributed by atoms with Gasteiger partial charge in [-0.15, -0.1) is 5.10 Å². The first-order valence-corrected chi connectivity index (χ1v) is 4.21. The molecule has 5 N–H and O–H groups in total. The van der Waals surface area contributed by atoms with Gasteiger partial charge in [0.2, 0.25) is 0 Å². The molecule has 0 radical (unpaired) electrons. The van der Waals surface area contributed by atoms with Gasteiger partial charge in [-0.05, 0) is 12.1 Å². The van der Waals surface area contributed by atoms with Crippen LogP contribution in [-0.2, 0) is 0 Å². The number of hydrogen-bond acceptors (Lipinski definition) is 6.